The molecule has 0 unspecified atom stereocenters. The van der Waals surface area contributed by atoms with Gasteiger partial charge in [-0.2, -0.15) is 0 Å². The largest absolute Gasteiger partial charge is 0.508 e. The Kier molecular flexibility index (Phi) is 5.05. The second-order valence-electron chi connectivity index (χ2n) is 6.88. The van der Waals surface area contributed by atoms with Gasteiger partial charge in [-0.1, -0.05) is 18.2 Å². The Morgan fingerprint density at radius 1 is 1.11 bits per heavy atom. The van der Waals surface area contributed by atoms with Crippen molar-refractivity contribution < 1.29 is 29.2 Å². The van der Waals surface area contributed by atoms with Crippen LogP contribution in [0.15, 0.2) is 42.5 Å². The highest BCUT2D eigenvalue weighted by molar-refractivity contribution is 6.11. The number of phenols is 2. The van der Waals surface area contributed by atoms with Crippen molar-refractivity contribution in [3.8, 4) is 23.0 Å². The van der Waals surface area contributed by atoms with Crippen molar-refractivity contribution in [2.24, 2.45) is 0 Å². The average Bonchev–Trinajstić information content (AvgIpc) is 2.65. The highest BCUT2D eigenvalue weighted by Gasteiger charge is 2.33. The first-order valence-electron chi connectivity index (χ1n) is 8.67. The summed E-state index contributed by atoms with van der Waals surface area (Å²) in [6.45, 7) is 3.72. The van der Waals surface area contributed by atoms with Crippen molar-refractivity contribution in [1.29, 1.82) is 0 Å². The second kappa shape index (κ2) is 7.31. The van der Waals surface area contributed by atoms with E-state index in [-0.39, 0.29) is 22.8 Å². The third kappa shape index (κ3) is 3.67. The van der Waals surface area contributed by atoms with Gasteiger partial charge in [-0.15, -0.1) is 0 Å². The van der Waals surface area contributed by atoms with Crippen LogP contribution in [0.4, 0.5) is 0 Å². The Bertz CT molecular complexity index is 968. The molecule has 28 heavy (non-hydrogen) atoms. The van der Waals surface area contributed by atoms with Crippen LogP contribution in [0, 0.1) is 0 Å². The first-order valence-corrected chi connectivity index (χ1v) is 8.67. The number of carbonyl (C=O) groups excluding carboxylic acids is 1. The molecule has 0 aliphatic carbocycles. The third-order valence-electron chi connectivity index (χ3n) is 4.33. The maximum atomic E-state index is 12.8. The standard InChI is InChI=1S/C22H22O6/c1-22(2)12-18(27-4)20-17(28-22)11-16(26-3)19(21(20)25)15(24)10-7-13-5-8-14(23)9-6-13/h5-12,23,25H,1-4H3/b10-7+. The Labute approximate surface area is 163 Å². The van der Waals surface area contributed by atoms with Gasteiger partial charge in [-0.05, 0) is 37.6 Å². The number of phenolic OH excluding ortho intramolecular Hbond substituents is 2. The van der Waals surface area contributed by atoms with E-state index in [1.54, 1.807) is 30.4 Å². The summed E-state index contributed by atoms with van der Waals surface area (Å²) in [6.07, 6.45) is 4.66. The molecule has 0 atom stereocenters. The number of benzene rings is 2. The van der Waals surface area contributed by atoms with Crippen LogP contribution in [-0.2, 0) is 4.74 Å². The Morgan fingerprint density at radius 3 is 2.39 bits per heavy atom. The van der Waals surface area contributed by atoms with E-state index in [9.17, 15) is 15.0 Å². The van der Waals surface area contributed by atoms with E-state index in [1.807, 2.05) is 13.8 Å². The van der Waals surface area contributed by atoms with E-state index in [0.717, 1.165) is 5.56 Å². The topological polar surface area (TPSA) is 85.2 Å². The van der Waals surface area contributed by atoms with Gasteiger partial charge >= 0.3 is 0 Å². The molecule has 0 bridgehead atoms. The van der Waals surface area contributed by atoms with Crippen molar-refractivity contribution in [2.75, 3.05) is 14.2 Å². The molecule has 0 aromatic heterocycles. The van der Waals surface area contributed by atoms with Crippen LogP contribution in [0.1, 0.15) is 35.3 Å². The summed E-state index contributed by atoms with van der Waals surface area (Å²) in [5.41, 5.74) is 0.414. The van der Waals surface area contributed by atoms with E-state index in [1.165, 1.54) is 32.4 Å². The fraction of sp³-hybridized carbons (Fsp3) is 0.227. The molecule has 2 aromatic rings. The van der Waals surface area contributed by atoms with E-state index in [2.05, 4.69) is 0 Å². The van der Waals surface area contributed by atoms with Gasteiger partial charge in [0, 0.05) is 12.1 Å². The minimum atomic E-state index is -0.639. The van der Waals surface area contributed by atoms with Crippen LogP contribution in [-0.4, -0.2) is 35.8 Å². The van der Waals surface area contributed by atoms with Crippen molar-refractivity contribution in [3.05, 3.63) is 59.2 Å². The zero-order valence-electron chi connectivity index (χ0n) is 16.1. The number of methoxy groups -OCH3 is 2. The molecule has 0 saturated heterocycles. The minimum Gasteiger partial charge on any atom is -0.508 e. The van der Waals surface area contributed by atoms with Crippen molar-refractivity contribution >= 4 is 17.6 Å². The first-order chi connectivity index (χ1) is 13.3. The number of ether oxygens (including phenoxy) is 3. The summed E-state index contributed by atoms with van der Waals surface area (Å²) in [5, 5.41) is 20.2. The number of hydrogen-bond acceptors (Lipinski definition) is 6. The lowest BCUT2D eigenvalue weighted by atomic mass is 9.95. The number of hydrogen-bond donors (Lipinski definition) is 2. The number of carbonyl (C=O) groups is 1. The maximum Gasteiger partial charge on any atom is 0.193 e. The van der Waals surface area contributed by atoms with Gasteiger partial charge in [0.25, 0.3) is 0 Å². The predicted molar refractivity (Wildman–Crippen MR) is 106 cm³/mol. The molecule has 1 aliphatic heterocycles. The molecule has 1 heterocycles. The lowest BCUT2D eigenvalue weighted by Crippen LogP contribution is -2.29. The van der Waals surface area contributed by atoms with Crippen LogP contribution in [0.3, 0.4) is 0 Å². The summed E-state index contributed by atoms with van der Waals surface area (Å²) >= 11 is 0. The van der Waals surface area contributed by atoms with Crippen molar-refractivity contribution in [2.45, 2.75) is 19.4 Å². The fourth-order valence-electron chi connectivity index (χ4n) is 3.04. The van der Waals surface area contributed by atoms with Gasteiger partial charge in [0.2, 0.25) is 0 Å². The molecule has 6 heteroatoms. The van der Waals surface area contributed by atoms with Crippen LogP contribution in [0.2, 0.25) is 0 Å². The number of fused-ring (bicyclic) bond motifs is 1. The van der Waals surface area contributed by atoms with Gasteiger partial charge in [0.05, 0.1) is 14.2 Å². The lowest BCUT2D eigenvalue weighted by molar-refractivity contribution is 0.104. The number of aromatic hydroxyl groups is 2. The molecule has 0 radical (unpaired) electrons. The van der Waals surface area contributed by atoms with Gasteiger partial charge in [0.1, 0.15) is 45.5 Å². The molecule has 1 aliphatic rings. The highest BCUT2D eigenvalue weighted by Crippen LogP contribution is 2.47. The SMILES string of the molecule is COC1=CC(C)(C)Oc2cc(OC)c(C(=O)/C=C/c3ccc(O)cc3)c(O)c21. The van der Waals surface area contributed by atoms with Gasteiger partial charge in [-0.3, -0.25) is 4.79 Å². The normalized spacial score (nSPS) is 14.8. The smallest absolute Gasteiger partial charge is 0.193 e. The number of rotatable bonds is 5. The minimum absolute atomic E-state index is 0.0162. The van der Waals surface area contributed by atoms with E-state index < -0.39 is 11.4 Å². The summed E-state index contributed by atoms with van der Waals surface area (Å²) < 4.78 is 16.6. The number of ketones is 1. The quantitative estimate of drug-likeness (QED) is 0.597. The highest BCUT2D eigenvalue weighted by atomic mass is 16.5. The summed E-state index contributed by atoms with van der Waals surface area (Å²) in [6, 6.07) is 7.96. The molecule has 0 fully saturated rings. The Balaban J connectivity index is 2.06. The van der Waals surface area contributed by atoms with Crippen LogP contribution in [0.25, 0.3) is 11.8 Å². The molecule has 2 aromatic carbocycles. The zero-order chi connectivity index (χ0) is 20.5. The monoisotopic (exact) mass is 382 g/mol. The van der Waals surface area contributed by atoms with E-state index in [4.69, 9.17) is 14.2 Å². The molecule has 0 amide bonds. The van der Waals surface area contributed by atoms with Gasteiger partial charge in [-0.25, -0.2) is 0 Å². The lowest BCUT2D eigenvalue weighted by Gasteiger charge is -2.31. The molecule has 0 saturated carbocycles. The van der Waals surface area contributed by atoms with Crippen LogP contribution in [0.5, 0.6) is 23.0 Å². The zero-order valence-corrected chi connectivity index (χ0v) is 16.1. The molecule has 2 N–H and O–H groups in total. The maximum absolute atomic E-state index is 12.8. The first kappa shape index (κ1) is 19.4. The molecule has 146 valence electrons. The second-order valence-corrected chi connectivity index (χ2v) is 6.88. The van der Waals surface area contributed by atoms with Crippen molar-refractivity contribution in [1.82, 2.24) is 0 Å². The molecular formula is C22H22O6. The fourth-order valence-corrected chi connectivity index (χ4v) is 3.04. The van der Waals surface area contributed by atoms with Crippen LogP contribution >= 0.6 is 0 Å². The molecule has 3 rings (SSSR count). The van der Waals surface area contributed by atoms with E-state index >= 15 is 0 Å². The number of allylic oxidation sites excluding steroid dienone is 1. The van der Waals surface area contributed by atoms with Gasteiger partial charge in [0.15, 0.2) is 5.78 Å². The predicted octanol–water partition coefficient (Wildman–Crippen LogP) is 4.16. The molecule has 6 nitrogen and oxygen atoms in total. The van der Waals surface area contributed by atoms with Crippen LogP contribution < -0.4 is 9.47 Å². The molecular weight excluding hydrogens is 360 g/mol. The van der Waals surface area contributed by atoms with Crippen molar-refractivity contribution in [3.63, 3.8) is 0 Å². The molecule has 0 spiro atoms. The Hall–Kier alpha value is -3.41. The Morgan fingerprint density at radius 2 is 1.79 bits per heavy atom. The average molecular weight is 382 g/mol. The summed E-state index contributed by atoms with van der Waals surface area (Å²) in [7, 11) is 2.91. The third-order valence-corrected chi connectivity index (χ3v) is 4.33. The summed E-state index contributed by atoms with van der Waals surface area (Å²) in [4.78, 5) is 12.8. The van der Waals surface area contributed by atoms with Gasteiger partial charge < -0.3 is 24.4 Å². The summed E-state index contributed by atoms with van der Waals surface area (Å²) in [5.74, 6) is 0.425. The van der Waals surface area contributed by atoms with E-state index in [0.29, 0.717) is 17.1 Å².